The number of rotatable bonds is 9. The normalized spacial score (nSPS) is 12.2. The molecule has 0 aromatic heterocycles. The van der Waals surface area contributed by atoms with Gasteiger partial charge in [-0.3, -0.25) is 0 Å². The Morgan fingerprint density at radius 1 is 1.25 bits per heavy atom. The number of ether oxygens (including phenoxy) is 1. The molecule has 1 N–H and O–H groups in total. The molecule has 0 bridgehead atoms. The van der Waals surface area contributed by atoms with E-state index in [0.29, 0.717) is 12.0 Å². The number of nitrogens with one attached hydrogen (secondary N) is 1. The summed E-state index contributed by atoms with van der Waals surface area (Å²) in [6.07, 6.45) is 5.22. The average molecular weight is 291 g/mol. The Balaban J connectivity index is 2.33. The molecule has 0 saturated heterocycles. The van der Waals surface area contributed by atoms with Gasteiger partial charge in [-0.2, -0.15) is 0 Å². The van der Waals surface area contributed by atoms with Gasteiger partial charge in [0.1, 0.15) is 5.75 Å². The summed E-state index contributed by atoms with van der Waals surface area (Å²) in [5.74, 6) is 5.97. The Hall–Kier alpha value is -1.11. The molecule has 0 spiro atoms. The highest BCUT2D eigenvalue weighted by molar-refractivity contribution is 7.99. The van der Waals surface area contributed by atoms with Gasteiger partial charge in [-0.1, -0.05) is 31.9 Å². The summed E-state index contributed by atoms with van der Waals surface area (Å²) in [6, 6.07) is 8.69. The third-order valence-corrected chi connectivity index (χ3v) is 3.71. The molecule has 0 radical (unpaired) electrons. The molecule has 0 amide bonds. The molecule has 110 valence electrons. The lowest BCUT2D eigenvalue weighted by atomic mass is 10.1. The Morgan fingerprint density at radius 2 is 1.95 bits per heavy atom. The molecule has 1 atom stereocenters. The maximum absolute atomic E-state index is 5.69. The fourth-order valence-electron chi connectivity index (χ4n) is 1.71. The van der Waals surface area contributed by atoms with Crippen LogP contribution in [0.4, 0.5) is 0 Å². The lowest BCUT2D eigenvalue weighted by Gasteiger charge is -2.15. The molecular formula is C17H25NOS. The third-order valence-electron chi connectivity index (χ3n) is 2.85. The topological polar surface area (TPSA) is 21.3 Å². The highest BCUT2D eigenvalue weighted by Gasteiger charge is 2.05. The molecular weight excluding hydrogens is 266 g/mol. The summed E-state index contributed by atoms with van der Waals surface area (Å²) in [5, 5.41) is 3.50. The van der Waals surface area contributed by atoms with Gasteiger partial charge in [0.15, 0.2) is 0 Å². The Labute approximate surface area is 127 Å². The van der Waals surface area contributed by atoms with Gasteiger partial charge in [0.05, 0.1) is 12.4 Å². The van der Waals surface area contributed by atoms with E-state index in [1.807, 2.05) is 12.1 Å². The first kappa shape index (κ1) is 16.9. The maximum Gasteiger partial charge on any atom is 0.119 e. The summed E-state index contributed by atoms with van der Waals surface area (Å²) in [4.78, 5) is 0. The van der Waals surface area contributed by atoms with Crippen molar-refractivity contribution >= 4 is 11.8 Å². The molecule has 0 aliphatic rings. The van der Waals surface area contributed by atoms with Crippen molar-refractivity contribution in [1.82, 2.24) is 5.32 Å². The molecule has 0 heterocycles. The monoisotopic (exact) mass is 291 g/mol. The zero-order chi connectivity index (χ0) is 14.8. The smallest absolute Gasteiger partial charge is 0.119 e. The van der Waals surface area contributed by atoms with Crippen LogP contribution in [0.15, 0.2) is 24.3 Å². The van der Waals surface area contributed by atoms with Gasteiger partial charge in [-0.25, -0.2) is 0 Å². The van der Waals surface area contributed by atoms with Crippen molar-refractivity contribution < 1.29 is 4.74 Å². The quantitative estimate of drug-likeness (QED) is 0.553. The molecule has 20 heavy (non-hydrogen) atoms. The fraction of sp³-hybridized carbons (Fsp3) is 0.529. The summed E-state index contributed by atoms with van der Waals surface area (Å²) in [7, 11) is 0. The molecule has 0 saturated carbocycles. The van der Waals surface area contributed by atoms with Crippen LogP contribution in [0, 0.1) is 18.3 Å². The first-order valence-electron chi connectivity index (χ1n) is 7.10. The van der Waals surface area contributed by atoms with Gasteiger partial charge in [-0.05, 0) is 30.5 Å². The lowest BCUT2D eigenvalue weighted by Crippen LogP contribution is -2.21. The largest absolute Gasteiger partial charge is 0.493 e. The van der Waals surface area contributed by atoms with E-state index in [0.717, 1.165) is 30.4 Å². The molecule has 1 rings (SSSR count). The number of benzene rings is 1. The first-order chi connectivity index (χ1) is 9.63. The van der Waals surface area contributed by atoms with Gasteiger partial charge >= 0.3 is 0 Å². The van der Waals surface area contributed by atoms with Crippen LogP contribution < -0.4 is 10.1 Å². The van der Waals surface area contributed by atoms with Crippen LogP contribution >= 0.6 is 11.8 Å². The van der Waals surface area contributed by atoms with Crippen LogP contribution in [0.25, 0.3) is 0 Å². The van der Waals surface area contributed by atoms with E-state index < -0.39 is 0 Å². The van der Waals surface area contributed by atoms with E-state index in [4.69, 9.17) is 11.2 Å². The number of thioether (sulfide) groups is 1. The molecule has 3 heteroatoms. The fourth-order valence-corrected chi connectivity index (χ4v) is 2.24. The van der Waals surface area contributed by atoms with Crippen LogP contribution in [0.2, 0.25) is 0 Å². The summed E-state index contributed by atoms with van der Waals surface area (Å²) >= 11 is 1.78. The van der Waals surface area contributed by atoms with Crippen molar-refractivity contribution in [2.24, 2.45) is 5.92 Å². The van der Waals surface area contributed by atoms with E-state index >= 15 is 0 Å². The van der Waals surface area contributed by atoms with Crippen LogP contribution in [-0.4, -0.2) is 24.7 Å². The minimum Gasteiger partial charge on any atom is -0.493 e. The van der Waals surface area contributed by atoms with Gasteiger partial charge < -0.3 is 10.1 Å². The average Bonchev–Trinajstić information content (AvgIpc) is 2.45. The third kappa shape index (κ3) is 6.88. The lowest BCUT2D eigenvalue weighted by molar-refractivity contribution is 0.271. The Bertz CT molecular complexity index is 408. The van der Waals surface area contributed by atoms with Gasteiger partial charge in [0.25, 0.3) is 0 Å². The zero-order valence-electron chi connectivity index (χ0n) is 12.7. The SMILES string of the molecule is C#CCSCCNC(C)c1ccc(OCC(C)C)cc1. The van der Waals surface area contributed by atoms with E-state index in [1.165, 1.54) is 5.56 Å². The van der Waals surface area contributed by atoms with E-state index in [1.54, 1.807) is 11.8 Å². The van der Waals surface area contributed by atoms with Crippen LogP contribution in [0.1, 0.15) is 32.4 Å². The molecule has 0 aliphatic carbocycles. The molecule has 2 nitrogen and oxygen atoms in total. The Morgan fingerprint density at radius 3 is 2.55 bits per heavy atom. The standard InChI is InChI=1S/C17H25NOS/c1-5-11-20-12-10-18-15(4)16-6-8-17(9-7-16)19-13-14(2)3/h1,6-9,14-15,18H,10-13H2,2-4H3. The van der Waals surface area contributed by atoms with Gasteiger partial charge in [0, 0.05) is 18.3 Å². The van der Waals surface area contributed by atoms with Crippen molar-refractivity contribution in [3.63, 3.8) is 0 Å². The second kappa shape index (κ2) is 9.74. The summed E-state index contributed by atoms with van der Waals surface area (Å²) < 4.78 is 5.69. The molecule has 1 aromatic carbocycles. The molecule has 1 aromatic rings. The predicted molar refractivity (Wildman–Crippen MR) is 89.4 cm³/mol. The number of terminal acetylenes is 1. The number of hydrogen-bond acceptors (Lipinski definition) is 3. The van der Waals surface area contributed by atoms with Gasteiger partial charge in [0.2, 0.25) is 0 Å². The minimum absolute atomic E-state index is 0.348. The van der Waals surface area contributed by atoms with E-state index in [2.05, 4.69) is 44.1 Å². The maximum atomic E-state index is 5.69. The summed E-state index contributed by atoms with van der Waals surface area (Å²) in [6.45, 7) is 8.21. The van der Waals surface area contributed by atoms with Crippen LogP contribution in [0.3, 0.4) is 0 Å². The van der Waals surface area contributed by atoms with Crippen LogP contribution in [0.5, 0.6) is 5.75 Å². The second-order valence-corrected chi connectivity index (χ2v) is 6.31. The molecule has 0 fully saturated rings. The van der Waals surface area contributed by atoms with Crippen molar-refractivity contribution in [1.29, 1.82) is 0 Å². The predicted octanol–water partition coefficient (Wildman–Crippen LogP) is 3.74. The first-order valence-corrected chi connectivity index (χ1v) is 8.26. The van der Waals surface area contributed by atoms with Crippen molar-refractivity contribution in [3.8, 4) is 18.1 Å². The number of hydrogen-bond donors (Lipinski definition) is 1. The van der Waals surface area contributed by atoms with Crippen molar-refractivity contribution in [2.45, 2.75) is 26.8 Å². The van der Waals surface area contributed by atoms with E-state index in [-0.39, 0.29) is 0 Å². The molecule has 0 aliphatic heterocycles. The van der Waals surface area contributed by atoms with E-state index in [9.17, 15) is 0 Å². The highest BCUT2D eigenvalue weighted by Crippen LogP contribution is 2.18. The minimum atomic E-state index is 0.348. The Kier molecular flexibility index (Phi) is 8.25. The van der Waals surface area contributed by atoms with Crippen molar-refractivity contribution in [3.05, 3.63) is 29.8 Å². The van der Waals surface area contributed by atoms with Gasteiger partial charge in [-0.15, -0.1) is 18.2 Å². The van der Waals surface area contributed by atoms with Crippen LogP contribution in [-0.2, 0) is 0 Å². The summed E-state index contributed by atoms with van der Waals surface area (Å²) in [5.41, 5.74) is 1.28. The second-order valence-electron chi connectivity index (χ2n) is 5.21. The molecule has 1 unspecified atom stereocenters. The highest BCUT2D eigenvalue weighted by atomic mass is 32.2. The zero-order valence-corrected chi connectivity index (χ0v) is 13.5. The van der Waals surface area contributed by atoms with Crippen molar-refractivity contribution in [2.75, 3.05) is 24.7 Å².